The fraction of sp³-hybridized carbons (Fsp3) is 0.241. The Hall–Kier alpha value is -4.56. The van der Waals surface area contributed by atoms with Crippen molar-refractivity contribution in [3.63, 3.8) is 0 Å². The van der Waals surface area contributed by atoms with E-state index >= 15 is 0 Å². The highest BCUT2D eigenvalue weighted by Crippen LogP contribution is 2.31. The van der Waals surface area contributed by atoms with Crippen molar-refractivity contribution in [2.75, 3.05) is 5.08 Å². The second-order valence-electron chi connectivity index (χ2n) is 10.1. The lowest BCUT2D eigenvalue weighted by molar-refractivity contribution is 0.696. The number of imidazole rings is 2. The minimum atomic E-state index is -0.449. The van der Waals surface area contributed by atoms with Crippen LogP contribution in [0.4, 0.5) is 0 Å². The third kappa shape index (κ3) is 4.95. The fourth-order valence-electron chi connectivity index (χ4n) is 5.03. The molecule has 0 aliphatic rings. The first-order chi connectivity index (χ1) is 20.7. The largest absolute Gasteiger partial charge is 0.332 e. The van der Waals surface area contributed by atoms with Crippen LogP contribution in [0, 0.1) is 0 Å². The molecule has 43 heavy (non-hydrogen) atoms. The Morgan fingerprint density at radius 2 is 0.930 bits per heavy atom. The van der Waals surface area contributed by atoms with Gasteiger partial charge in [0.25, 0.3) is 11.1 Å². The predicted molar refractivity (Wildman–Crippen MR) is 168 cm³/mol. The molecular weight excluding hydrogens is 589 g/mol. The second-order valence-corrected chi connectivity index (χ2v) is 12.3. The van der Waals surface area contributed by atoms with E-state index in [4.69, 9.17) is 9.97 Å². The highest BCUT2D eigenvalue weighted by atomic mass is 32.2. The Labute approximate surface area is 252 Å². The number of aryl methyl sites for hydroxylation is 2. The topological polar surface area (TPSA) is 124 Å². The van der Waals surface area contributed by atoms with E-state index in [9.17, 15) is 19.2 Å². The van der Waals surface area contributed by atoms with Gasteiger partial charge in [0.15, 0.2) is 32.6 Å². The molecule has 0 N–H and O–H groups in total. The van der Waals surface area contributed by atoms with Crippen LogP contribution in [0.25, 0.3) is 22.3 Å². The lowest BCUT2D eigenvalue weighted by atomic mass is 10.2. The summed E-state index contributed by atoms with van der Waals surface area (Å²) in [4.78, 5) is 61.3. The van der Waals surface area contributed by atoms with Gasteiger partial charge in [-0.15, -0.1) is 0 Å². The molecule has 0 unspecified atom stereocenters. The van der Waals surface area contributed by atoms with Crippen molar-refractivity contribution in [1.82, 2.24) is 37.4 Å². The monoisotopic (exact) mass is 616 g/mol. The molecule has 220 valence electrons. The van der Waals surface area contributed by atoms with E-state index < -0.39 is 22.5 Å². The molecule has 0 amide bonds. The maximum Gasteiger partial charge on any atom is 0.332 e. The number of hydrogen-bond acceptors (Lipinski definition) is 8. The highest BCUT2D eigenvalue weighted by molar-refractivity contribution is 8.15. The molecule has 0 atom stereocenters. The van der Waals surface area contributed by atoms with Crippen molar-refractivity contribution in [3.05, 3.63) is 113 Å². The third-order valence-corrected chi connectivity index (χ3v) is 9.45. The molecule has 2 aromatic carbocycles. The first kappa shape index (κ1) is 28.6. The lowest BCUT2D eigenvalue weighted by Gasteiger charge is -2.11. The third-order valence-electron chi connectivity index (χ3n) is 7.37. The summed E-state index contributed by atoms with van der Waals surface area (Å²) in [6.45, 7) is 0.783. The fourth-order valence-corrected chi connectivity index (χ4v) is 7.04. The Balaban J connectivity index is 1.41. The van der Waals surface area contributed by atoms with Crippen molar-refractivity contribution in [2.24, 2.45) is 28.2 Å². The summed E-state index contributed by atoms with van der Waals surface area (Å²) in [5.74, 6) is 0. The number of hydrogen-bond donors (Lipinski definition) is 0. The Morgan fingerprint density at radius 1 is 0.558 bits per heavy atom. The zero-order valence-electron chi connectivity index (χ0n) is 23.9. The van der Waals surface area contributed by atoms with E-state index in [2.05, 4.69) is 0 Å². The van der Waals surface area contributed by atoms with Gasteiger partial charge in [-0.05, 0) is 11.1 Å². The maximum absolute atomic E-state index is 13.3. The normalized spacial score (nSPS) is 11.6. The van der Waals surface area contributed by atoms with Crippen LogP contribution in [-0.2, 0) is 41.3 Å². The molecule has 6 rings (SSSR count). The number of thioether (sulfide) groups is 2. The van der Waals surface area contributed by atoms with E-state index in [1.54, 1.807) is 14.1 Å². The van der Waals surface area contributed by atoms with Gasteiger partial charge in [-0.1, -0.05) is 84.2 Å². The summed E-state index contributed by atoms with van der Waals surface area (Å²) < 4.78 is 8.61. The molecule has 0 radical (unpaired) electrons. The SMILES string of the molecule is Cn1c(=O)c2c(nc(SCSc3nc4c(c(=O)n(C)c(=O)n4C)n3Cc3ccccc3)n2Cc2ccccc2)n(C)c1=O. The standard InChI is InChI=1S/C29H28N8O4S2/c1-32-22-20(24(38)34(3)28(32)40)36(15-18-11-7-5-8-12-18)26(30-22)42-17-43-27-31-23-21(25(39)35(4)29(41)33(23)2)37(27)16-19-13-9-6-10-14-19/h5-14H,15-17H2,1-4H3. The van der Waals surface area contributed by atoms with Gasteiger partial charge in [-0.2, -0.15) is 0 Å². The van der Waals surface area contributed by atoms with Gasteiger partial charge in [-0.3, -0.25) is 27.9 Å². The first-order valence-corrected chi connectivity index (χ1v) is 15.3. The molecule has 0 spiro atoms. The van der Waals surface area contributed by atoms with Crippen molar-refractivity contribution in [2.45, 2.75) is 23.4 Å². The predicted octanol–water partition coefficient (Wildman–Crippen LogP) is 2.12. The summed E-state index contributed by atoms with van der Waals surface area (Å²) in [5, 5.41) is 1.57. The summed E-state index contributed by atoms with van der Waals surface area (Å²) >= 11 is 2.80. The molecule has 4 aromatic heterocycles. The van der Waals surface area contributed by atoms with E-state index in [1.807, 2.05) is 69.8 Å². The van der Waals surface area contributed by atoms with Gasteiger partial charge >= 0.3 is 11.4 Å². The Morgan fingerprint density at radius 3 is 1.30 bits per heavy atom. The van der Waals surface area contributed by atoms with Gasteiger partial charge in [0.05, 0.1) is 18.2 Å². The zero-order chi connectivity index (χ0) is 30.4. The van der Waals surface area contributed by atoms with Gasteiger partial charge in [0.1, 0.15) is 0 Å². The molecule has 6 aromatic rings. The summed E-state index contributed by atoms with van der Waals surface area (Å²) in [5.41, 5.74) is 1.54. The molecule has 0 saturated heterocycles. The molecule has 12 nitrogen and oxygen atoms in total. The summed E-state index contributed by atoms with van der Waals surface area (Å²) in [6.07, 6.45) is 0. The minimum absolute atomic E-state index is 0.311. The summed E-state index contributed by atoms with van der Waals surface area (Å²) in [7, 11) is 6.12. The van der Waals surface area contributed by atoms with Crippen LogP contribution in [0.1, 0.15) is 11.1 Å². The van der Waals surface area contributed by atoms with Gasteiger partial charge in [0, 0.05) is 28.2 Å². The smallest absolute Gasteiger partial charge is 0.309 e. The van der Waals surface area contributed by atoms with Crippen molar-refractivity contribution in [1.29, 1.82) is 0 Å². The zero-order valence-corrected chi connectivity index (χ0v) is 25.6. The van der Waals surface area contributed by atoms with Crippen molar-refractivity contribution in [3.8, 4) is 0 Å². The van der Waals surface area contributed by atoms with Crippen molar-refractivity contribution >= 4 is 45.9 Å². The van der Waals surface area contributed by atoms with Gasteiger partial charge in [-0.25, -0.2) is 19.6 Å². The number of rotatable bonds is 8. The van der Waals surface area contributed by atoms with Crippen LogP contribution in [-0.4, -0.2) is 42.5 Å². The van der Waals surface area contributed by atoms with E-state index in [0.717, 1.165) is 20.3 Å². The molecule has 0 bridgehead atoms. The minimum Gasteiger partial charge on any atom is -0.309 e. The van der Waals surface area contributed by atoms with Crippen molar-refractivity contribution < 1.29 is 0 Å². The molecule has 0 aliphatic heterocycles. The van der Waals surface area contributed by atoms with Crippen LogP contribution >= 0.6 is 23.5 Å². The van der Waals surface area contributed by atoms with Crippen LogP contribution in [0.3, 0.4) is 0 Å². The first-order valence-electron chi connectivity index (χ1n) is 13.3. The molecule has 0 saturated carbocycles. The highest BCUT2D eigenvalue weighted by Gasteiger charge is 2.22. The number of benzene rings is 2. The molecule has 0 fully saturated rings. The van der Waals surface area contributed by atoms with Crippen LogP contribution in [0.5, 0.6) is 0 Å². The molecule has 0 aliphatic carbocycles. The Kier molecular flexibility index (Phi) is 7.48. The maximum atomic E-state index is 13.3. The quantitative estimate of drug-likeness (QED) is 0.188. The van der Waals surface area contributed by atoms with Crippen LogP contribution < -0.4 is 22.5 Å². The average Bonchev–Trinajstić information content (AvgIpc) is 3.56. The van der Waals surface area contributed by atoms with Gasteiger partial charge in [0.2, 0.25) is 0 Å². The molecular formula is C29H28N8O4S2. The lowest BCUT2D eigenvalue weighted by Crippen LogP contribution is -2.37. The number of nitrogens with zero attached hydrogens (tertiary/aromatic N) is 8. The number of aromatic nitrogens is 8. The van der Waals surface area contributed by atoms with Crippen LogP contribution in [0.15, 0.2) is 90.2 Å². The van der Waals surface area contributed by atoms with Crippen LogP contribution in [0.2, 0.25) is 0 Å². The second kappa shape index (κ2) is 11.3. The average molecular weight is 617 g/mol. The van der Waals surface area contributed by atoms with E-state index in [-0.39, 0.29) is 0 Å². The molecule has 14 heteroatoms. The van der Waals surface area contributed by atoms with E-state index in [0.29, 0.717) is 50.8 Å². The number of fused-ring (bicyclic) bond motifs is 2. The van der Waals surface area contributed by atoms with Gasteiger partial charge < -0.3 is 9.13 Å². The summed E-state index contributed by atoms with van der Waals surface area (Å²) in [6, 6.07) is 19.5. The molecule has 4 heterocycles. The van der Waals surface area contributed by atoms with E-state index in [1.165, 1.54) is 46.8 Å². The Bertz CT molecular complexity index is 2080.